The third kappa shape index (κ3) is 3.49. The van der Waals surface area contributed by atoms with Crippen molar-refractivity contribution in [2.45, 2.75) is 10.4 Å². The Morgan fingerprint density at radius 2 is 1.92 bits per heavy atom. The highest BCUT2D eigenvalue weighted by Gasteiger charge is 2.28. The number of hydrogen-bond acceptors (Lipinski definition) is 1. The first kappa shape index (κ1) is 9.92. The number of thioether (sulfide) groups is 1. The largest absolute Gasteiger partial charge is 0.446 e. The molecular formula is C7H4BrF3S. The molecule has 0 saturated heterocycles. The van der Waals surface area contributed by atoms with E-state index in [1.807, 2.05) is 0 Å². The van der Waals surface area contributed by atoms with E-state index >= 15 is 0 Å². The van der Waals surface area contributed by atoms with Crippen LogP contribution in [0.3, 0.4) is 0 Å². The highest BCUT2D eigenvalue weighted by molar-refractivity contribution is 9.10. The molecule has 0 amide bonds. The molecule has 0 heterocycles. The monoisotopic (exact) mass is 256 g/mol. The minimum absolute atomic E-state index is 0.115. The second-order valence-electron chi connectivity index (χ2n) is 2.01. The minimum Gasteiger partial charge on any atom is -0.160 e. The van der Waals surface area contributed by atoms with Crippen LogP contribution in [-0.4, -0.2) is 5.51 Å². The van der Waals surface area contributed by atoms with Crippen molar-refractivity contribution < 1.29 is 13.2 Å². The Kier molecular flexibility index (Phi) is 3.06. The van der Waals surface area contributed by atoms with Crippen molar-refractivity contribution in [2.75, 3.05) is 0 Å². The lowest BCUT2D eigenvalue weighted by Gasteiger charge is -2.04. The van der Waals surface area contributed by atoms with E-state index in [-0.39, 0.29) is 16.7 Å². The highest BCUT2D eigenvalue weighted by Crippen LogP contribution is 2.37. The van der Waals surface area contributed by atoms with Crippen LogP contribution in [0.2, 0.25) is 0 Å². The van der Waals surface area contributed by atoms with Gasteiger partial charge >= 0.3 is 5.51 Å². The predicted octanol–water partition coefficient (Wildman–Crippen LogP) is 4.06. The zero-order valence-electron chi connectivity index (χ0n) is 5.73. The number of alkyl halides is 3. The summed E-state index contributed by atoms with van der Waals surface area (Å²) in [6.45, 7) is 0. The molecule has 0 atom stereocenters. The Morgan fingerprint density at radius 3 is 2.42 bits per heavy atom. The minimum atomic E-state index is -4.21. The third-order valence-corrected chi connectivity index (χ3v) is 2.24. The average Bonchev–Trinajstić information content (AvgIpc) is 1.82. The molecule has 0 nitrogen and oxygen atoms in total. The summed E-state index contributed by atoms with van der Waals surface area (Å²) in [7, 11) is 0. The maximum atomic E-state index is 11.8. The molecule has 0 aliphatic carbocycles. The molecular weight excluding hydrogens is 253 g/mol. The Bertz CT molecular complexity index is 272. The smallest absolute Gasteiger partial charge is 0.160 e. The van der Waals surface area contributed by atoms with Crippen LogP contribution in [0.1, 0.15) is 0 Å². The molecule has 12 heavy (non-hydrogen) atoms. The van der Waals surface area contributed by atoms with Crippen LogP contribution in [-0.2, 0) is 0 Å². The van der Waals surface area contributed by atoms with E-state index in [1.54, 1.807) is 12.1 Å². The Balaban J connectivity index is 2.77. The zero-order chi connectivity index (χ0) is 9.19. The topological polar surface area (TPSA) is 0 Å². The molecule has 1 aromatic rings. The van der Waals surface area contributed by atoms with Crippen molar-refractivity contribution in [3.8, 4) is 0 Å². The molecule has 0 aliphatic rings. The van der Waals surface area contributed by atoms with E-state index in [9.17, 15) is 13.2 Å². The molecule has 0 aliphatic heterocycles. The summed E-state index contributed by atoms with van der Waals surface area (Å²) >= 11 is 2.97. The van der Waals surface area contributed by atoms with Gasteiger partial charge in [-0.05, 0) is 30.0 Å². The molecule has 0 radical (unpaired) electrons. The first-order valence-corrected chi connectivity index (χ1v) is 4.60. The molecule has 5 heteroatoms. The predicted molar refractivity (Wildman–Crippen MR) is 46.1 cm³/mol. The highest BCUT2D eigenvalue weighted by atomic mass is 79.9. The summed E-state index contributed by atoms with van der Waals surface area (Å²) in [6.07, 6.45) is 0. The SMILES string of the molecule is FC(F)(F)Sc1cccc(Br)c1. The van der Waals surface area contributed by atoms with Gasteiger partial charge in [-0.1, -0.05) is 22.0 Å². The maximum absolute atomic E-state index is 11.8. The second-order valence-corrected chi connectivity index (χ2v) is 4.06. The Morgan fingerprint density at radius 1 is 1.25 bits per heavy atom. The van der Waals surface area contributed by atoms with Gasteiger partial charge in [-0.2, -0.15) is 13.2 Å². The quantitative estimate of drug-likeness (QED) is 0.683. The van der Waals surface area contributed by atoms with E-state index < -0.39 is 5.51 Å². The van der Waals surface area contributed by atoms with E-state index in [0.29, 0.717) is 4.47 Å². The van der Waals surface area contributed by atoms with Crippen molar-refractivity contribution in [2.24, 2.45) is 0 Å². The first-order valence-electron chi connectivity index (χ1n) is 2.99. The van der Waals surface area contributed by atoms with Crippen LogP contribution in [0, 0.1) is 0 Å². The van der Waals surface area contributed by atoms with Gasteiger partial charge in [0, 0.05) is 9.37 Å². The van der Waals surface area contributed by atoms with Gasteiger partial charge in [0.15, 0.2) is 0 Å². The van der Waals surface area contributed by atoms with Crippen LogP contribution in [0.25, 0.3) is 0 Å². The normalized spacial score (nSPS) is 11.7. The van der Waals surface area contributed by atoms with Crippen molar-refractivity contribution >= 4 is 27.7 Å². The zero-order valence-corrected chi connectivity index (χ0v) is 8.13. The molecule has 0 unspecified atom stereocenters. The molecule has 1 aromatic carbocycles. The average molecular weight is 257 g/mol. The summed E-state index contributed by atoms with van der Waals surface area (Å²) in [6, 6.07) is 6.10. The maximum Gasteiger partial charge on any atom is 0.446 e. The molecule has 1 rings (SSSR count). The van der Waals surface area contributed by atoms with E-state index in [1.165, 1.54) is 12.1 Å². The molecule has 0 spiro atoms. The van der Waals surface area contributed by atoms with Crippen LogP contribution < -0.4 is 0 Å². The van der Waals surface area contributed by atoms with Crippen LogP contribution in [0.4, 0.5) is 13.2 Å². The van der Waals surface area contributed by atoms with Gasteiger partial charge < -0.3 is 0 Å². The Labute approximate surface area is 80.3 Å². The number of halogens is 4. The number of benzene rings is 1. The summed E-state index contributed by atoms with van der Waals surface area (Å²) in [5.74, 6) is 0. The summed E-state index contributed by atoms with van der Waals surface area (Å²) in [5.41, 5.74) is -4.21. The van der Waals surface area contributed by atoms with Crippen molar-refractivity contribution in [1.82, 2.24) is 0 Å². The van der Waals surface area contributed by atoms with Gasteiger partial charge in [0.2, 0.25) is 0 Å². The molecule has 0 fully saturated rings. The molecule has 0 saturated carbocycles. The lowest BCUT2D eigenvalue weighted by molar-refractivity contribution is -0.0328. The lowest BCUT2D eigenvalue weighted by atomic mass is 10.4. The second kappa shape index (κ2) is 3.70. The third-order valence-electron chi connectivity index (χ3n) is 1.03. The fraction of sp³-hybridized carbons (Fsp3) is 0.143. The Hall–Kier alpha value is -0.160. The van der Waals surface area contributed by atoms with Crippen LogP contribution in [0.5, 0.6) is 0 Å². The van der Waals surface area contributed by atoms with Gasteiger partial charge in [-0.15, -0.1) is 0 Å². The number of rotatable bonds is 1. The summed E-state index contributed by atoms with van der Waals surface area (Å²) < 4.78 is 36.1. The number of hydrogen-bond donors (Lipinski definition) is 0. The summed E-state index contributed by atoms with van der Waals surface area (Å²) in [4.78, 5) is 0.192. The van der Waals surface area contributed by atoms with Gasteiger partial charge in [0.25, 0.3) is 0 Å². The lowest BCUT2D eigenvalue weighted by Crippen LogP contribution is -1.98. The molecule has 66 valence electrons. The fourth-order valence-electron chi connectivity index (χ4n) is 0.664. The molecule has 0 N–H and O–H groups in total. The summed E-state index contributed by atoms with van der Waals surface area (Å²) in [5, 5.41) is 0. The van der Waals surface area contributed by atoms with Gasteiger partial charge in [0.05, 0.1) is 0 Å². The molecule has 0 aromatic heterocycles. The van der Waals surface area contributed by atoms with Crippen molar-refractivity contribution in [3.05, 3.63) is 28.7 Å². The van der Waals surface area contributed by atoms with E-state index in [4.69, 9.17) is 0 Å². The van der Waals surface area contributed by atoms with Crippen molar-refractivity contribution in [3.63, 3.8) is 0 Å². The standard InChI is InChI=1S/C7H4BrF3S/c8-5-2-1-3-6(4-5)12-7(9,10)11/h1-4H. The van der Waals surface area contributed by atoms with E-state index in [2.05, 4.69) is 15.9 Å². The first-order chi connectivity index (χ1) is 5.47. The molecule has 0 bridgehead atoms. The van der Waals surface area contributed by atoms with Gasteiger partial charge in [-0.3, -0.25) is 0 Å². The van der Waals surface area contributed by atoms with Crippen LogP contribution >= 0.6 is 27.7 Å². The van der Waals surface area contributed by atoms with Gasteiger partial charge in [-0.25, -0.2) is 0 Å². The van der Waals surface area contributed by atoms with E-state index in [0.717, 1.165) is 0 Å². The van der Waals surface area contributed by atoms with Gasteiger partial charge in [0.1, 0.15) is 0 Å². The van der Waals surface area contributed by atoms with Crippen LogP contribution in [0.15, 0.2) is 33.6 Å². The fourth-order valence-corrected chi connectivity index (χ4v) is 1.81. The van der Waals surface area contributed by atoms with Crippen molar-refractivity contribution in [1.29, 1.82) is 0 Å².